The maximum Gasteiger partial charge on any atom is 0.247 e. The molecule has 0 spiro atoms. The van der Waals surface area contributed by atoms with Crippen LogP contribution >= 0.6 is 0 Å². The van der Waals surface area contributed by atoms with E-state index in [-0.39, 0.29) is 24.4 Å². The Morgan fingerprint density at radius 3 is 2.48 bits per heavy atom. The molecular formula is C21H22N2O2. The molecule has 2 aliphatic heterocycles. The van der Waals surface area contributed by atoms with Gasteiger partial charge in [0.15, 0.2) is 0 Å². The van der Waals surface area contributed by atoms with E-state index in [1.807, 2.05) is 61.2 Å². The van der Waals surface area contributed by atoms with E-state index in [4.69, 9.17) is 0 Å². The number of fused-ring (bicyclic) bond motifs is 2. The maximum atomic E-state index is 13.1. The number of para-hydroxylation sites is 2. The summed E-state index contributed by atoms with van der Waals surface area (Å²) in [5.41, 5.74) is 3.41. The molecule has 0 N–H and O–H groups in total. The molecule has 2 aromatic rings. The average Bonchev–Trinajstić information content (AvgIpc) is 3.02. The molecule has 1 atom stereocenters. The zero-order valence-corrected chi connectivity index (χ0v) is 14.8. The molecule has 25 heavy (non-hydrogen) atoms. The number of carbonyl (C=O) groups excluding carboxylic acids is 2. The van der Waals surface area contributed by atoms with E-state index >= 15 is 0 Å². The van der Waals surface area contributed by atoms with Crippen LogP contribution in [0.4, 0.5) is 11.4 Å². The molecule has 0 fully saturated rings. The number of hydrogen-bond donors (Lipinski definition) is 0. The molecule has 0 aliphatic carbocycles. The van der Waals surface area contributed by atoms with Gasteiger partial charge in [-0.05, 0) is 50.5 Å². The summed E-state index contributed by atoms with van der Waals surface area (Å²) in [5.74, 6) is -0.0412. The van der Waals surface area contributed by atoms with Crippen molar-refractivity contribution in [1.29, 1.82) is 0 Å². The second kappa shape index (κ2) is 5.45. The maximum absolute atomic E-state index is 13.1. The highest BCUT2D eigenvalue weighted by Gasteiger charge is 2.45. The third-order valence-electron chi connectivity index (χ3n) is 5.42. The first-order valence-electron chi connectivity index (χ1n) is 8.72. The van der Waals surface area contributed by atoms with Gasteiger partial charge in [0.2, 0.25) is 11.8 Å². The predicted molar refractivity (Wildman–Crippen MR) is 98.9 cm³/mol. The van der Waals surface area contributed by atoms with Crippen LogP contribution in [-0.2, 0) is 21.4 Å². The minimum absolute atomic E-state index is 0.0119. The van der Waals surface area contributed by atoms with Gasteiger partial charge in [0, 0.05) is 17.4 Å². The number of benzene rings is 2. The molecule has 0 saturated carbocycles. The molecule has 2 aromatic carbocycles. The van der Waals surface area contributed by atoms with Gasteiger partial charge in [-0.3, -0.25) is 9.59 Å². The normalized spacial score (nSPS) is 20.6. The largest absolute Gasteiger partial charge is 0.307 e. The van der Waals surface area contributed by atoms with Crippen LogP contribution in [0.2, 0.25) is 0 Å². The van der Waals surface area contributed by atoms with Crippen molar-refractivity contribution < 1.29 is 9.59 Å². The predicted octanol–water partition coefficient (Wildman–Crippen LogP) is 3.29. The molecule has 0 saturated heterocycles. The first-order valence-corrected chi connectivity index (χ1v) is 8.72. The smallest absolute Gasteiger partial charge is 0.247 e. The van der Waals surface area contributed by atoms with Gasteiger partial charge in [0.25, 0.3) is 0 Å². The van der Waals surface area contributed by atoms with Crippen LogP contribution in [-0.4, -0.2) is 24.4 Å². The number of carbonyl (C=O) groups is 2. The van der Waals surface area contributed by atoms with Crippen LogP contribution in [0.1, 0.15) is 31.9 Å². The van der Waals surface area contributed by atoms with E-state index in [1.54, 1.807) is 4.90 Å². The fourth-order valence-corrected chi connectivity index (χ4v) is 4.11. The van der Waals surface area contributed by atoms with Crippen molar-refractivity contribution in [2.45, 2.75) is 38.6 Å². The fraction of sp³-hybridized carbons (Fsp3) is 0.333. The van der Waals surface area contributed by atoms with Crippen LogP contribution in [0, 0.1) is 0 Å². The third-order valence-corrected chi connectivity index (χ3v) is 5.42. The molecule has 0 bridgehead atoms. The molecule has 128 valence electrons. The van der Waals surface area contributed by atoms with Gasteiger partial charge in [-0.15, -0.1) is 0 Å². The summed E-state index contributed by atoms with van der Waals surface area (Å²) in [6.45, 7) is 5.98. The van der Waals surface area contributed by atoms with Crippen molar-refractivity contribution in [1.82, 2.24) is 0 Å². The molecule has 2 amide bonds. The van der Waals surface area contributed by atoms with Crippen molar-refractivity contribution in [2.24, 2.45) is 0 Å². The molecule has 0 aromatic heterocycles. The van der Waals surface area contributed by atoms with Gasteiger partial charge in [-0.25, -0.2) is 0 Å². The molecule has 4 heteroatoms. The number of amides is 2. The van der Waals surface area contributed by atoms with Crippen molar-refractivity contribution >= 4 is 23.2 Å². The lowest BCUT2D eigenvalue weighted by Crippen LogP contribution is -2.46. The van der Waals surface area contributed by atoms with Gasteiger partial charge >= 0.3 is 0 Å². The highest BCUT2D eigenvalue weighted by atomic mass is 16.2. The monoisotopic (exact) mass is 334 g/mol. The number of anilines is 2. The van der Waals surface area contributed by atoms with Gasteiger partial charge in [-0.2, -0.15) is 0 Å². The molecular weight excluding hydrogens is 312 g/mol. The molecule has 1 unspecified atom stereocenters. The van der Waals surface area contributed by atoms with E-state index in [0.29, 0.717) is 0 Å². The average molecular weight is 334 g/mol. The van der Waals surface area contributed by atoms with E-state index in [0.717, 1.165) is 23.4 Å². The standard InChI is InChI=1S/C21H22N2O2/c1-14-12-15-8-4-6-10-17(15)23(14)19(24)13-22-18-11-7-5-9-16(18)21(2,3)20(22)25/h4-11,14H,12-13H2,1-3H3. The Hall–Kier alpha value is -2.62. The molecule has 2 heterocycles. The third kappa shape index (κ3) is 2.28. The van der Waals surface area contributed by atoms with Crippen LogP contribution < -0.4 is 9.80 Å². The van der Waals surface area contributed by atoms with E-state index in [1.165, 1.54) is 5.56 Å². The Morgan fingerprint density at radius 1 is 1.08 bits per heavy atom. The lowest BCUT2D eigenvalue weighted by molar-refractivity contribution is -0.124. The Labute approximate surface area is 148 Å². The first kappa shape index (κ1) is 15.9. The van der Waals surface area contributed by atoms with Crippen molar-refractivity contribution in [3.63, 3.8) is 0 Å². The minimum atomic E-state index is -0.592. The van der Waals surface area contributed by atoms with Crippen LogP contribution in [0.15, 0.2) is 48.5 Å². The summed E-state index contributed by atoms with van der Waals surface area (Å²) >= 11 is 0. The Morgan fingerprint density at radius 2 is 1.72 bits per heavy atom. The van der Waals surface area contributed by atoms with E-state index < -0.39 is 5.41 Å². The number of nitrogens with zero attached hydrogens (tertiary/aromatic N) is 2. The highest BCUT2D eigenvalue weighted by Crippen LogP contribution is 2.41. The van der Waals surface area contributed by atoms with Gasteiger partial charge in [0.1, 0.15) is 6.54 Å². The SMILES string of the molecule is CC1Cc2ccccc2N1C(=O)CN1C(=O)C(C)(C)c2ccccc21. The van der Waals surface area contributed by atoms with Crippen LogP contribution in [0.3, 0.4) is 0 Å². The molecule has 4 rings (SSSR count). The second-order valence-corrected chi connectivity index (χ2v) is 7.48. The molecule has 4 nitrogen and oxygen atoms in total. The van der Waals surface area contributed by atoms with Crippen molar-refractivity contribution in [2.75, 3.05) is 16.3 Å². The second-order valence-electron chi connectivity index (χ2n) is 7.48. The quantitative estimate of drug-likeness (QED) is 0.845. The lowest BCUT2D eigenvalue weighted by atomic mass is 9.86. The molecule has 0 radical (unpaired) electrons. The van der Waals surface area contributed by atoms with E-state index in [9.17, 15) is 9.59 Å². The zero-order valence-electron chi connectivity index (χ0n) is 14.8. The molecule has 2 aliphatic rings. The van der Waals surface area contributed by atoms with Gasteiger partial charge in [-0.1, -0.05) is 36.4 Å². The summed E-state index contributed by atoms with van der Waals surface area (Å²) in [6, 6.07) is 15.9. The minimum Gasteiger partial charge on any atom is -0.307 e. The van der Waals surface area contributed by atoms with Gasteiger partial charge < -0.3 is 9.80 Å². The highest BCUT2D eigenvalue weighted by molar-refractivity contribution is 6.12. The summed E-state index contributed by atoms with van der Waals surface area (Å²) < 4.78 is 0. The number of rotatable bonds is 2. The number of hydrogen-bond acceptors (Lipinski definition) is 2. The van der Waals surface area contributed by atoms with Crippen molar-refractivity contribution in [3.8, 4) is 0 Å². The summed E-state index contributed by atoms with van der Waals surface area (Å²) in [7, 11) is 0. The van der Waals surface area contributed by atoms with E-state index in [2.05, 4.69) is 13.0 Å². The Bertz CT molecular complexity index is 872. The fourth-order valence-electron chi connectivity index (χ4n) is 4.11. The first-order chi connectivity index (χ1) is 11.9. The summed E-state index contributed by atoms with van der Waals surface area (Å²) in [4.78, 5) is 29.5. The van der Waals surface area contributed by atoms with Crippen LogP contribution in [0.5, 0.6) is 0 Å². The van der Waals surface area contributed by atoms with Crippen molar-refractivity contribution in [3.05, 3.63) is 59.7 Å². The topological polar surface area (TPSA) is 40.6 Å². The lowest BCUT2D eigenvalue weighted by Gasteiger charge is -2.26. The Kier molecular flexibility index (Phi) is 3.46. The van der Waals surface area contributed by atoms with Gasteiger partial charge in [0.05, 0.1) is 5.41 Å². The Balaban J connectivity index is 1.65. The van der Waals surface area contributed by atoms with Crippen LogP contribution in [0.25, 0.3) is 0 Å². The summed E-state index contributed by atoms with van der Waals surface area (Å²) in [6.07, 6.45) is 0.859. The summed E-state index contributed by atoms with van der Waals surface area (Å²) in [5, 5.41) is 0. The zero-order chi connectivity index (χ0) is 17.8.